The van der Waals surface area contributed by atoms with Crippen molar-refractivity contribution in [1.82, 2.24) is 14.8 Å². The van der Waals surface area contributed by atoms with Crippen LogP contribution in [-0.2, 0) is 4.74 Å². The van der Waals surface area contributed by atoms with Gasteiger partial charge in [0.25, 0.3) is 5.91 Å². The topological polar surface area (TPSA) is 144 Å². The molecule has 4 atom stereocenters. The minimum atomic E-state index is -1.27. The van der Waals surface area contributed by atoms with Gasteiger partial charge in [0.1, 0.15) is 24.6 Å². The largest absolute Gasteiger partial charge is 0.394 e. The Hall–Kier alpha value is -1.55. The molecular weight excluding hydrogens is 232 g/mol. The lowest BCUT2D eigenvalue weighted by Gasteiger charge is -2.13. The summed E-state index contributed by atoms with van der Waals surface area (Å²) in [7, 11) is 0. The summed E-state index contributed by atoms with van der Waals surface area (Å²) in [5.41, 5.74) is 4.97. The quantitative estimate of drug-likeness (QED) is 0.443. The molecular formula is C8H12N4O5. The summed E-state index contributed by atoms with van der Waals surface area (Å²) in [5, 5.41) is 31.8. The van der Waals surface area contributed by atoms with Crippen LogP contribution in [0.4, 0.5) is 0 Å². The zero-order valence-corrected chi connectivity index (χ0v) is 8.67. The number of rotatable bonds is 3. The summed E-state index contributed by atoms with van der Waals surface area (Å²) in [6, 6.07) is 0. The van der Waals surface area contributed by atoms with E-state index >= 15 is 0 Å². The van der Waals surface area contributed by atoms with E-state index < -0.39 is 37.1 Å². The van der Waals surface area contributed by atoms with E-state index in [-0.39, 0.29) is 5.82 Å². The van der Waals surface area contributed by atoms with E-state index in [2.05, 4.69) is 10.1 Å². The number of nitrogens with zero attached hydrogens (tertiary/aromatic N) is 3. The van der Waals surface area contributed by atoms with E-state index in [4.69, 9.17) is 15.6 Å². The summed E-state index contributed by atoms with van der Waals surface area (Å²) in [6.07, 6.45) is -3.26. The van der Waals surface area contributed by atoms with E-state index in [0.29, 0.717) is 0 Å². The monoisotopic (exact) mass is 244 g/mol. The Morgan fingerprint density at radius 1 is 1.53 bits per heavy atom. The molecule has 0 saturated carbocycles. The van der Waals surface area contributed by atoms with Crippen LogP contribution >= 0.6 is 0 Å². The molecule has 1 aliphatic rings. The molecule has 0 spiro atoms. The number of hydrogen-bond acceptors (Lipinski definition) is 7. The maximum Gasteiger partial charge on any atom is 0.288 e. The molecule has 1 aromatic heterocycles. The van der Waals surface area contributed by atoms with Gasteiger partial charge in [0.05, 0.1) is 6.61 Å². The smallest absolute Gasteiger partial charge is 0.288 e. The SMILES string of the molecule is NC(=O)c1ncn([C@H]2O[C@@H](CO)C(O)[C@H]2O)n1. The van der Waals surface area contributed by atoms with E-state index in [1.165, 1.54) is 0 Å². The molecule has 9 nitrogen and oxygen atoms in total. The van der Waals surface area contributed by atoms with Gasteiger partial charge >= 0.3 is 0 Å². The second-order valence-corrected chi connectivity index (χ2v) is 3.64. The molecule has 17 heavy (non-hydrogen) atoms. The number of aromatic nitrogens is 3. The number of carbonyl (C=O) groups is 1. The number of hydrogen-bond donors (Lipinski definition) is 4. The third kappa shape index (κ3) is 2.00. The highest BCUT2D eigenvalue weighted by molar-refractivity contribution is 5.88. The first-order valence-corrected chi connectivity index (χ1v) is 4.88. The molecule has 1 aliphatic heterocycles. The summed E-state index contributed by atoms with van der Waals surface area (Å²) < 4.78 is 6.25. The Morgan fingerprint density at radius 3 is 2.71 bits per heavy atom. The predicted molar refractivity (Wildman–Crippen MR) is 51.5 cm³/mol. The Balaban J connectivity index is 2.19. The number of nitrogens with two attached hydrogens (primary N) is 1. The van der Waals surface area contributed by atoms with Crippen LogP contribution in [-0.4, -0.2) is 60.9 Å². The number of aliphatic hydroxyl groups is 3. The normalized spacial score (nSPS) is 32.9. The molecule has 1 amide bonds. The van der Waals surface area contributed by atoms with Crippen LogP contribution in [0.1, 0.15) is 16.8 Å². The van der Waals surface area contributed by atoms with E-state index in [1.54, 1.807) is 0 Å². The highest BCUT2D eigenvalue weighted by Gasteiger charge is 2.43. The molecule has 0 aromatic carbocycles. The van der Waals surface area contributed by atoms with Crippen molar-refractivity contribution >= 4 is 5.91 Å². The minimum Gasteiger partial charge on any atom is -0.394 e. The Morgan fingerprint density at radius 2 is 2.24 bits per heavy atom. The average molecular weight is 244 g/mol. The molecule has 2 heterocycles. The summed E-state index contributed by atoms with van der Waals surface area (Å²) >= 11 is 0. The van der Waals surface area contributed by atoms with E-state index in [0.717, 1.165) is 11.0 Å². The van der Waals surface area contributed by atoms with Crippen molar-refractivity contribution in [2.24, 2.45) is 5.73 Å². The first kappa shape index (κ1) is 11.9. The molecule has 0 bridgehead atoms. The second kappa shape index (κ2) is 4.37. The lowest BCUT2D eigenvalue weighted by atomic mass is 10.1. The number of carbonyl (C=O) groups excluding carboxylic acids is 1. The maximum absolute atomic E-state index is 10.8. The number of ether oxygens (including phenoxy) is 1. The van der Waals surface area contributed by atoms with Gasteiger partial charge in [0.15, 0.2) is 6.23 Å². The molecule has 0 radical (unpaired) electrons. The fraction of sp³-hybridized carbons (Fsp3) is 0.625. The molecule has 0 aliphatic carbocycles. The van der Waals surface area contributed by atoms with Crippen molar-refractivity contribution in [3.05, 3.63) is 12.2 Å². The van der Waals surface area contributed by atoms with Crippen molar-refractivity contribution in [3.63, 3.8) is 0 Å². The Kier molecular flexibility index (Phi) is 3.07. The zero-order valence-electron chi connectivity index (χ0n) is 8.67. The van der Waals surface area contributed by atoms with Gasteiger partial charge in [-0.05, 0) is 0 Å². The first-order valence-electron chi connectivity index (χ1n) is 4.88. The number of aliphatic hydroxyl groups excluding tert-OH is 3. The second-order valence-electron chi connectivity index (χ2n) is 3.64. The van der Waals surface area contributed by atoms with Crippen molar-refractivity contribution in [3.8, 4) is 0 Å². The molecule has 1 aromatic rings. The van der Waals surface area contributed by atoms with Crippen molar-refractivity contribution in [2.45, 2.75) is 24.5 Å². The van der Waals surface area contributed by atoms with Crippen LogP contribution in [0.2, 0.25) is 0 Å². The number of amides is 1. The maximum atomic E-state index is 10.8. The zero-order chi connectivity index (χ0) is 12.6. The molecule has 1 saturated heterocycles. The van der Waals surface area contributed by atoms with Gasteiger partial charge in [-0.3, -0.25) is 4.79 Å². The third-order valence-electron chi connectivity index (χ3n) is 2.51. The van der Waals surface area contributed by atoms with Gasteiger partial charge in [-0.25, -0.2) is 9.67 Å². The summed E-state index contributed by atoms with van der Waals surface area (Å²) in [4.78, 5) is 14.4. The first-order chi connectivity index (χ1) is 8.04. The molecule has 9 heteroatoms. The fourth-order valence-electron chi connectivity index (χ4n) is 1.61. The van der Waals surface area contributed by atoms with Crippen LogP contribution in [0.25, 0.3) is 0 Å². The minimum absolute atomic E-state index is 0.220. The highest BCUT2D eigenvalue weighted by atomic mass is 16.6. The van der Waals surface area contributed by atoms with Gasteiger partial charge in [-0.1, -0.05) is 0 Å². The lowest BCUT2D eigenvalue weighted by molar-refractivity contribution is -0.0588. The van der Waals surface area contributed by atoms with Crippen molar-refractivity contribution < 1.29 is 24.9 Å². The Bertz CT molecular complexity index is 422. The van der Waals surface area contributed by atoms with E-state index in [1.807, 2.05) is 0 Å². The van der Waals surface area contributed by atoms with Gasteiger partial charge < -0.3 is 25.8 Å². The fourth-order valence-corrected chi connectivity index (χ4v) is 1.61. The molecule has 5 N–H and O–H groups in total. The standard InChI is InChI=1S/C8H12N4O5/c9-6(16)7-10-2-12(11-7)8-5(15)4(14)3(1-13)17-8/h2-5,8,13-15H,1H2,(H2,9,16)/t3-,4?,5+,8-/m0/s1. The molecule has 1 fully saturated rings. The van der Waals surface area contributed by atoms with E-state index in [9.17, 15) is 15.0 Å². The van der Waals surface area contributed by atoms with Crippen LogP contribution < -0.4 is 5.73 Å². The van der Waals surface area contributed by atoms with Crippen LogP contribution in [0, 0.1) is 0 Å². The van der Waals surface area contributed by atoms with Crippen LogP contribution in [0.3, 0.4) is 0 Å². The summed E-state index contributed by atoms with van der Waals surface area (Å²) in [5.74, 6) is -1.03. The highest BCUT2D eigenvalue weighted by Crippen LogP contribution is 2.28. The molecule has 1 unspecified atom stereocenters. The molecule has 2 rings (SSSR count). The summed E-state index contributed by atoms with van der Waals surface area (Å²) in [6.45, 7) is -0.438. The van der Waals surface area contributed by atoms with Crippen molar-refractivity contribution in [2.75, 3.05) is 6.61 Å². The van der Waals surface area contributed by atoms with Gasteiger partial charge in [-0.15, -0.1) is 5.10 Å². The van der Waals surface area contributed by atoms with Crippen LogP contribution in [0.15, 0.2) is 6.33 Å². The van der Waals surface area contributed by atoms with Gasteiger partial charge in [-0.2, -0.15) is 0 Å². The van der Waals surface area contributed by atoms with Gasteiger partial charge in [0.2, 0.25) is 5.82 Å². The lowest BCUT2D eigenvalue weighted by Crippen LogP contribution is -2.33. The van der Waals surface area contributed by atoms with Crippen molar-refractivity contribution in [1.29, 1.82) is 0 Å². The van der Waals surface area contributed by atoms with Crippen LogP contribution in [0.5, 0.6) is 0 Å². The van der Waals surface area contributed by atoms with Gasteiger partial charge in [0, 0.05) is 0 Å². The third-order valence-corrected chi connectivity index (χ3v) is 2.51. The molecule has 94 valence electrons. The number of primary amides is 1. The predicted octanol–water partition coefficient (Wildman–Crippen LogP) is -3.01. The average Bonchev–Trinajstić information content (AvgIpc) is 2.87. The Labute approximate surface area is 95.4 Å².